The lowest BCUT2D eigenvalue weighted by Crippen LogP contribution is -2.52. The average molecular weight is 319 g/mol. The summed E-state index contributed by atoms with van der Waals surface area (Å²) in [6.07, 6.45) is -0.901. The van der Waals surface area contributed by atoms with Crippen molar-refractivity contribution < 1.29 is 34.5 Å². The lowest BCUT2D eigenvalue weighted by Gasteiger charge is -2.19. The molecular weight excluding hydrogens is 298 g/mol. The number of hydrogen-bond donors (Lipinski definition) is 6. The summed E-state index contributed by atoms with van der Waals surface area (Å²) >= 11 is 0. The zero-order valence-corrected chi connectivity index (χ0v) is 11.9. The van der Waals surface area contributed by atoms with Crippen LogP contribution < -0.4 is 16.4 Å². The predicted octanol–water partition coefficient (Wildman–Crippen LogP) is -2.36. The number of carboxylic acids is 2. The van der Waals surface area contributed by atoms with Gasteiger partial charge < -0.3 is 31.7 Å². The molecule has 0 aromatic rings. The molecule has 0 aromatic heterocycles. The molecule has 7 N–H and O–H groups in total. The van der Waals surface area contributed by atoms with Crippen molar-refractivity contribution in [3.63, 3.8) is 0 Å². The summed E-state index contributed by atoms with van der Waals surface area (Å²) < 4.78 is 0. The van der Waals surface area contributed by atoms with Crippen molar-refractivity contribution in [2.45, 2.75) is 37.8 Å². The summed E-state index contributed by atoms with van der Waals surface area (Å²) in [4.78, 5) is 44.5. The van der Waals surface area contributed by atoms with Crippen molar-refractivity contribution in [3.8, 4) is 0 Å². The number of nitrogens with two attached hydrogens (primary N) is 1. The van der Waals surface area contributed by atoms with E-state index in [-0.39, 0.29) is 38.8 Å². The molecule has 2 atom stereocenters. The van der Waals surface area contributed by atoms with Gasteiger partial charge in [0.15, 0.2) is 0 Å². The molecule has 0 unspecified atom stereocenters. The van der Waals surface area contributed by atoms with E-state index in [1.54, 1.807) is 0 Å². The Kier molecular flexibility index (Phi) is 9.46. The van der Waals surface area contributed by atoms with E-state index >= 15 is 0 Å². The van der Waals surface area contributed by atoms with Crippen LogP contribution in [-0.2, 0) is 19.2 Å². The van der Waals surface area contributed by atoms with Crippen molar-refractivity contribution >= 4 is 23.8 Å². The first-order chi connectivity index (χ1) is 10.3. The maximum Gasteiger partial charge on any atom is 0.303 e. The molecule has 0 aromatic carbocycles. The first-order valence-corrected chi connectivity index (χ1v) is 6.66. The fourth-order valence-electron chi connectivity index (χ4n) is 1.53. The standard InChI is InChI=1S/C12H21N3O7/c13-7(1-3-9(17)18)11(21)15-8(2-4-10(19)20)12(22)14-5-6-16/h7-8,16H,1-6,13H2,(H,14,22)(H,15,21)(H,17,18)(H,19,20)/t7-,8-/m1/s1. The van der Waals surface area contributed by atoms with Gasteiger partial charge in [0.2, 0.25) is 11.8 Å². The molecule has 126 valence electrons. The van der Waals surface area contributed by atoms with Crippen molar-refractivity contribution in [1.82, 2.24) is 10.6 Å². The smallest absolute Gasteiger partial charge is 0.303 e. The molecule has 0 fully saturated rings. The van der Waals surface area contributed by atoms with Gasteiger partial charge in [-0.05, 0) is 12.8 Å². The number of nitrogens with one attached hydrogen (secondary N) is 2. The lowest BCUT2D eigenvalue weighted by molar-refractivity contribution is -0.139. The number of hydrogen-bond acceptors (Lipinski definition) is 6. The van der Waals surface area contributed by atoms with Gasteiger partial charge in [0.25, 0.3) is 0 Å². The molecule has 0 aliphatic carbocycles. The molecule has 2 amide bonds. The second kappa shape index (κ2) is 10.5. The lowest BCUT2D eigenvalue weighted by atomic mass is 10.1. The second-order valence-electron chi connectivity index (χ2n) is 4.55. The number of amides is 2. The topological polar surface area (TPSA) is 179 Å². The third-order valence-electron chi connectivity index (χ3n) is 2.70. The number of carbonyl (C=O) groups is 4. The van der Waals surface area contributed by atoms with Gasteiger partial charge in [-0.2, -0.15) is 0 Å². The molecule has 0 saturated carbocycles. The second-order valence-corrected chi connectivity index (χ2v) is 4.55. The Morgan fingerprint density at radius 1 is 0.955 bits per heavy atom. The van der Waals surface area contributed by atoms with Crippen LogP contribution >= 0.6 is 0 Å². The Balaban J connectivity index is 4.58. The summed E-state index contributed by atoms with van der Waals surface area (Å²) in [6.45, 7) is -0.340. The Morgan fingerprint density at radius 3 is 2.00 bits per heavy atom. The van der Waals surface area contributed by atoms with Crippen LogP contribution in [-0.4, -0.2) is 64.3 Å². The van der Waals surface area contributed by atoms with Crippen LogP contribution in [0.4, 0.5) is 0 Å². The SMILES string of the molecule is N[C@H](CCC(=O)O)C(=O)N[C@H](CCC(=O)O)C(=O)NCCO. The highest BCUT2D eigenvalue weighted by atomic mass is 16.4. The van der Waals surface area contributed by atoms with E-state index in [2.05, 4.69) is 10.6 Å². The van der Waals surface area contributed by atoms with Crippen LogP contribution in [0.3, 0.4) is 0 Å². The highest BCUT2D eigenvalue weighted by molar-refractivity contribution is 5.90. The average Bonchev–Trinajstić information content (AvgIpc) is 2.45. The summed E-state index contributed by atoms with van der Waals surface area (Å²) in [5.41, 5.74) is 5.51. The van der Waals surface area contributed by atoms with Gasteiger partial charge in [-0.1, -0.05) is 0 Å². The molecule has 22 heavy (non-hydrogen) atoms. The third-order valence-corrected chi connectivity index (χ3v) is 2.70. The predicted molar refractivity (Wildman–Crippen MR) is 73.7 cm³/mol. The highest BCUT2D eigenvalue weighted by Crippen LogP contribution is 2.01. The van der Waals surface area contributed by atoms with Gasteiger partial charge in [-0.3, -0.25) is 19.2 Å². The van der Waals surface area contributed by atoms with Gasteiger partial charge in [0, 0.05) is 19.4 Å². The normalized spacial score (nSPS) is 13.0. The number of aliphatic carboxylic acids is 2. The number of carbonyl (C=O) groups excluding carboxylic acids is 2. The summed E-state index contributed by atoms with van der Waals surface area (Å²) in [6, 6.07) is -2.24. The maximum atomic E-state index is 11.8. The van der Waals surface area contributed by atoms with Crippen molar-refractivity contribution in [3.05, 3.63) is 0 Å². The minimum absolute atomic E-state index is 0.0384. The fraction of sp³-hybridized carbons (Fsp3) is 0.667. The molecule has 0 saturated heterocycles. The molecule has 10 heteroatoms. The summed E-state index contributed by atoms with van der Waals surface area (Å²) in [5.74, 6) is -3.62. The Bertz CT molecular complexity index is 414. The molecule has 0 radical (unpaired) electrons. The monoisotopic (exact) mass is 319 g/mol. The molecule has 0 aliphatic heterocycles. The number of rotatable bonds is 11. The van der Waals surface area contributed by atoms with Crippen molar-refractivity contribution in [1.29, 1.82) is 0 Å². The molecule has 0 heterocycles. The first kappa shape index (κ1) is 19.8. The minimum Gasteiger partial charge on any atom is -0.481 e. The minimum atomic E-state index is -1.13. The van der Waals surface area contributed by atoms with Crippen LogP contribution in [0.1, 0.15) is 25.7 Å². The van der Waals surface area contributed by atoms with E-state index in [1.165, 1.54) is 0 Å². The first-order valence-electron chi connectivity index (χ1n) is 6.66. The maximum absolute atomic E-state index is 11.8. The highest BCUT2D eigenvalue weighted by Gasteiger charge is 2.24. The van der Waals surface area contributed by atoms with Crippen LogP contribution in [0.2, 0.25) is 0 Å². The van der Waals surface area contributed by atoms with Crippen LogP contribution in [0.25, 0.3) is 0 Å². The van der Waals surface area contributed by atoms with Gasteiger partial charge in [0.1, 0.15) is 6.04 Å². The molecule has 0 rings (SSSR count). The molecular formula is C12H21N3O7. The van der Waals surface area contributed by atoms with E-state index in [0.29, 0.717) is 0 Å². The van der Waals surface area contributed by atoms with Crippen LogP contribution in [0, 0.1) is 0 Å². The van der Waals surface area contributed by atoms with Gasteiger partial charge in [-0.15, -0.1) is 0 Å². The van der Waals surface area contributed by atoms with E-state index in [1.807, 2.05) is 0 Å². The third kappa shape index (κ3) is 8.87. The van der Waals surface area contributed by atoms with Gasteiger partial charge in [-0.25, -0.2) is 0 Å². The Hall–Kier alpha value is -2.20. The van der Waals surface area contributed by atoms with Crippen LogP contribution in [0.5, 0.6) is 0 Å². The van der Waals surface area contributed by atoms with Crippen LogP contribution in [0.15, 0.2) is 0 Å². The van der Waals surface area contributed by atoms with Gasteiger partial charge in [0.05, 0.1) is 12.6 Å². The number of aliphatic hydroxyl groups is 1. The molecule has 0 spiro atoms. The quantitative estimate of drug-likeness (QED) is 0.244. The van der Waals surface area contributed by atoms with E-state index in [9.17, 15) is 19.2 Å². The van der Waals surface area contributed by atoms with Crippen molar-refractivity contribution in [2.24, 2.45) is 5.73 Å². The molecule has 10 nitrogen and oxygen atoms in total. The molecule has 0 aliphatic rings. The van der Waals surface area contributed by atoms with E-state index in [4.69, 9.17) is 21.1 Å². The Labute approximate surface area is 126 Å². The fourth-order valence-corrected chi connectivity index (χ4v) is 1.53. The van der Waals surface area contributed by atoms with Gasteiger partial charge >= 0.3 is 11.9 Å². The zero-order valence-electron chi connectivity index (χ0n) is 11.9. The zero-order chi connectivity index (χ0) is 17.1. The summed E-state index contributed by atoms with van der Waals surface area (Å²) in [5, 5.41) is 30.4. The molecule has 0 bridgehead atoms. The largest absolute Gasteiger partial charge is 0.481 e. The summed E-state index contributed by atoms with van der Waals surface area (Å²) in [7, 11) is 0. The van der Waals surface area contributed by atoms with E-state index < -0.39 is 35.8 Å². The Morgan fingerprint density at radius 2 is 1.50 bits per heavy atom. The van der Waals surface area contributed by atoms with E-state index in [0.717, 1.165) is 0 Å². The number of carboxylic acid groups (broad SMARTS) is 2. The van der Waals surface area contributed by atoms with Crippen molar-refractivity contribution in [2.75, 3.05) is 13.2 Å². The number of aliphatic hydroxyl groups excluding tert-OH is 1.